The summed E-state index contributed by atoms with van der Waals surface area (Å²) >= 11 is 1.51. The standard InChI is InChI=1S/C19H28N4O2S/c24-17(11-13-5-1-2-6-13)23-10-9-15-16(12-23)26-19(21-15)22-18(25)20-14-7-3-4-8-14/h13-14H,1-12H2,(H2,20,21,22,25). The van der Waals surface area contributed by atoms with Gasteiger partial charge in [0.2, 0.25) is 5.91 Å². The van der Waals surface area contributed by atoms with Gasteiger partial charge in [-0.1, -0.05) is 37.0 Å². The molecule has 0 bridgehead atoms. The van der Waals surface area contributed by atoms with Crippen LogP contribution in [0.15, 0.2) is 0 Å². The van der Waals surface area contributed by atoms with Crippen LogP contribution in [-0.2, 0) is 17.8 Å². The average molecular weight is 377 g/mol. The number of nitrogens with zero attached hydrogens (tertiary/aromatic N) is 2. The molecule has 1 aromatic heterocycles. The summed E-state index contributed by atoms with van der Waals surface area (Å²) in [4.78, 5) is 32.4. The molecule has 0 atom stereocenters. The number of thiazole rings is 1. The Morgan fingerprint density at radius 1 is 1.12 bits per heavy atom. The van der Waals surface area contributed by atoms with Crippen molar-refractivity contribution in [2.75, 3.05) is 11.9 Å². The number of rotatable bonds is 4. The molecule has 4 rings (SSSR count). The van der Waals surface area contributed by atoms with Crippen molar-refractivity contribution in [2.45, 2.75) is 76.8 Å². The first kappa shape index (κ1) is 17.8. The fourth-order valence-electron chi connectivity index (χ4n) is 4.44. The number of aromatic nitrogens is 1. The van der Waals surface area contributed by atoms with Crippen molar-refractivity contribution in [3.05, 3.63) is 10.6 Å². The van der Waals surface area contributed by atoms with Crippen LogP contribution in [0.25, 0.3) is 0 Å². The van der Waals surface area contributed by atoms with Crippen LogP contribution in [0.3, 0.4) is 0 Å². The molecule has 2 heterocycles. The first-order valence-corrected chi connectivity index (χ1v) is 10.8. The first-order valence-electron chi connectivity index (χ1n) is 10.0. The van der Waals surface area contributed by atoms with Crippen LogP contribution in [0.4, 0.5) is 9.93 Å². The molecule has 2 aliphatic carbocycles. The van der Waals surface area contributed by atoms with E-state index in [-0.39, 0.29) is 11.9 Å². The van der Waals surface area contributed by atoms with Crippen molar-refractivity contribution in [2.24, 2.45) is 5.92 Å². The van der Waals surface area contributed by atoms with E-state index in [4.69, 9.17) is 0 Å². The highest BCUT2D eigenvalue weighted by Gasteiger charge is 2.27. The third-order valence-electron chi connectivity index (χ3n) is 5.93. The molecule has 1 aromatic rings. The summed E-state index contributed by atoms with van der Waals surface area (Å²) in [6.45, 7) is 1.39. The van der Waals surface area contributed by atoms with Gasteiger partial charge in [-0.3, -0.25) is 10.1 Å². The highest BCUT2D eigenvalue weighted by atomic mass is 32.1. The lowest BCUT2D eigenvalue weighted by molar-refractivity contribution is -0.133. The van der Waals surface area contributed by atoms with Gasteiger partial charge in [0.15, 0.2) is 5.13 Å². The van der Waals surface area contributed by atoms with E-state index in [9.17, 15) is 9.59 Å². The van der Waals surface area contributed by atoms with Crippen LogP contribution in [-0.4, -0.2) is 34.4 Å². The Labute approximate surface area is 158 Å². The van der Waals surface area contributed by atoms with Crippen molar-refractivity contribution in [3.63, 3.8) is 0 Å². The van der Waals surface area contributed by atoms with Gasteiger partial charge in [-0.15, -0.1) is 0 Å². The van der Waals surface area contributed by atoms with Crippen molar-refractivity contribution >= 4 is 28.4 Å². The molecular formula is C19H28N4O2S. The summed E-state index contributed by atoms with van der Waals surface area (Å²) in [6, 6.07) is 0.144. The van der Waals surface area contributed by atoms with Crippen molar-refractivity contribution in [1.82, 2.24) is 15.2 Å². The summed E-state index contributed by atoms with van der Waals surface area (Å²) in [7, 11) is 0. The number of hydrogen-bond donors (Lipinski definition) is 2. The molecule has 0 aromatic carbocycles. The third-order valence-corrected chi connectivity index (χ3v) is 6.93. The van der Waals surface area contributed by atoms with Crippen LogP contribution in [0.2, 0.25) is 0 Å². The number of anilines is 1. The predicted molar refractivity (Wildman–Crippen MR) is 102 cm³/mol. The number of urea groups is 1. The summed E-state index contributed by atoms with van der Waals surface area (Å²) in [5.74, 6) is 0.867. The topological polar surface area (TPSA) is 74.3 Å². The Morgan fingerprint density at radius 2 is 1.85 bits per heavy atom. The summed E-state index contributed by atoms with van der Waals surface area (Å²) in [5, 5.41) is 6.56. The normalized spacial score (nSPS) is 21.0. The number of amides is 3. The van der Waals surface area contributed by atoms with Gasteiger partial charge < -0.3 is 10.2 Å². The second-order valence-corrected chi connectivity index (χ2v) is 8.97. The van der Waals surface area contributed by atoms with Gasteiger partial charge in [0.25, 0.3) is 0 Å². The molecule has 2 saturated carbocycles. The Morgan fingerprint density at radius 3 is 2.62 bits per heavy atom. The van der Waals surface area contributed by atoms with E-state index in [0.29, 0.717) is 30.1 Å². The van der Waals surface area contributed by atoms with Gasteiger partial charge in [-0.25, -0.2) is 9.78 Å². The highest BCUT2D eigenvalue weighted by molar-refractivity contribution is 7.15. The number of carbonyl (C=O) groups excluding carboxylic acids is 2. The molecule has 3 aliphatic rings. The molecule has 2 fully saturated rings. The van der Waals surface area contributed by atoms with Gasteiger partial charge in [0.05, 0.1) is 12.2 Å². The quantitative estimate of drug-likeness (QED) is 0.842. The zero-order chi connectivity index (χ0) is 17.9. The Balaban J connectivity index is 1.31. The molecular weight excluding hydrogens is 348 g/mol. The minimum atomic E-state index is -0.155. The molecule has 2 N–H and O–H groups in total. The molecule has 0 radical (unpaired) electrons. The fourth-order valence-corrected chi connectivity index (χ4v) is 5.46. The van der Waals surface area contributed by atoms with E-state index in [2.05, 4.69) is 15.6 Å². The van der Waals surface area contributed by atoms with Crippen molar-refractivity contribution < 1.29 is 9.59 Å². The van der Waals surface area contributed by atoms with Crippen molar-refractivity contribution in [3.8, 4) is 0 Å². The minimum absolute atomic E-state index is 0.155. The maximum atomic E-state index is 12.6. The summed E-state index contributed by atoms with van der Waals surface area (Å²) in [6.07, 6.45) is 11.0. The fraction of sp³-hybridized carbons (Fsp3) is 0.737. The Kier molecular flexibility index (Phi) is 5.43. The number of fused-ring (bicyclic) bond motifs is 1. The molecule has 0 spiro atoms. The molecule has 7 heteroatoms. The largest absolute Gasteiger partial charge is 0.337 e. The molecule has 3 amide bonds. The van der Waals surface area contributed by atoms with E-state index in [0.717, 1.165) is 36.4 Å². The lowest BCUT2D eigenvalue weighted by atomic mass is 10.0. The van der Waals surface area contributed by atoms with E-state index >= 15 is 0 Å². The lowest BCUT2D eigenvalue weighted by Crippen LogP contribution is -2.36. The molecule has 0 unspecified atom stereocenters. The predicted octanol–water partition coefficient (Wildman–Crippen LogP) is 3.67. The number of hydrogen-bond acceptors (Lipinski definition) is 4. The summed E-state index contributed by atoms with van der Waals surface area (Å²) in [5.41, 5.74) is 1.04. The van der Waals surface area contributed by atoms with Gasteiger partial charge in [-0.05, 0) is 31.6 Å². The Hall–Kier alpha value is -1.63. The molecule has 142 valence electrons. The van der Waals surface area contributed by atoms with Crippen molar-refractivity contribution in [1.29, 1.82) is 0 Å². The van der Waals surface area contributed by atoms with Gasteiger partial charge in [-0.2, -0.15) is 0 Å². The molecule has 26 heavy (non-hydrogen) atoms. The average Bonchev–Trinajstić information content (AvgIpc) is 3.35. The van der Waals surface area contributed by atoms with Crippen LogP contribution in [0.1, 0.15) is 68.4 Å². The Bertz CT molecular complexity index is 662. The zero-order valence-electron chi connectivity index (χ0n) is 15.3. The third kappa shape index (κ3) is 4.19. The van der Waals surface area contributed by atoms with Gasteiger partial charge >= 0.3 is 6.03 Å². The molecule has 0 saturated heterocycles. The van der Waals surface area contributed by atoms with E-state index < -0.39 is 0 Å². The first-order chi connectivity index (χ1) is 12.7. The second kappa shape index (κ2) is 7.94. The van der Waals surface area contributed by atoms with Crippen LogP contribution in [0, 0.1) is 5.92 Å². The van der Waals surface area contributed by atoms with Crippen LogP contribution in [0.5, 0.6) is 0 Å². The lowest BCUT2D eigenvalue weighted by Gasteiger charge is -2.27. The van der Waals surface area contributed by atoms with E-state index in [1.165, 1.54) is 49.9 Å². The van der Waals surface area contributed by atoms with Gasteiger partial charge in [0, 0.05) is 30.3 Å². The monoisotopic (exact) mass is 376 g/mol. The molecule has 6 nitrogen and oxygen atoms in total. The van der Waals surface area contributed by atoms with E-state index in [1.54, 1.807) is 0 Å². The highest BCUT2D eigenvalue weighted by Crippen LogP contribution is 2.31. The maximum absolute atomic E-state index is 12.6. The van der Waals surface area contributed by atoms with E-state index in [1.807, 2.05) is 4.90 Å². The zero-order valence-corrected chi connectivity index (χ0v) is 16.1. The molecule has 1 aliphatic heterocycles. The number of nitrogens with one attached hydrogen (secondary N) is 2. The SMILES string of the molecule is O=C(Nc1nc2c(s1)CN(C(=O)CC1CCCC1)CC2)NC1CCCC1. The number of carbonyl (C=O) groups is 2. The van der Waals surface area contributed by atoms with Crippen LogP contribution >= 0.6 is 11.3 Å². The summed E-state index contributed by atoms with van der Waals surface area (Å²) < 4.78 is 0. The minimum Gasteiger partial charge on any atom is -0.337 e. The van der Waals surface area contributed by atoms with Gasteiger partial charge in [0.1, 0.15) is 0 Å². The maximum Gasteiger partial charge on any atom is 0.321 e. The van der Waals surface area contributed by atoms with Crippen LogP contribution < -0.4 is 10.6 Å². The second-order valence-electron chi connectivity index (χ2n) is 7.89. The smallest absolute Gasteiger partial charge is 0.321 e.